The number of hydrogen-bond acceptors (Lipinski definition) is 6. The molecule has 0 atom stereocenters. The van der Waals surface area contributed by atoms with Gasteiger partial charge in [-0.15, -0.1) is 0 Å². The van der Waals surface area contributed by atoms with Crippen molar-refractivity contribution in [2.24, 2.45) is 0 Å². The zero-order chi connectivity index (χ0) is 29.1. The number of fused-ring (bicyclic) bond motifs is 6. The molecular formula is C32H33Cl2NO6. The van der Waals surface area contributed by atoms with Gasteiger partial charge < -0.3 is 25.0 Å². The number of ether oxygens (including phenoxy) is 2. The first-order valence-corrected chi connectivity index (χ1v) is 14.9. The number of halogens is 2. The summed E-state index contributed by atoms with van der Waals surface area (Å²) in [4.78, 5) is 26.0. The fourth-order valence-electron chi connectivity index (χ4n) is 5.63. The van der Waals surface area contributed by atoms with Crippen LogP contribution < -0.4 is 10.1 Å². The molecular weight excluding hydrogens is 565 g/mol. The van der Waals surface area contributed by atoms with E-state index in [0.717, 1.165) is 19.3 Å². The summed E-state index contributed by atoms with van der Waals surface area (Å²) in [5.41, 5.74) is 0.529. The number of amides is 1. The molecule has 2 aliphatic heterocycles. The largest absolute Gasteiger partial charge is 0.506 e. The molecule has 0 fully saturated rings. The number of benzene rings is 3. The van der Waals surface area contributed by atoms with Gasteiger partial charge in [0.25, 0.3) is 0 Å². The smallest absolute Gasteiger partial charge is 0.340 e. The van der Waals surface area contributed by atoms with Crippen molar-refractivity contribution < 1.29 is 29.3 Å². The van der Waals surface area contributed by atoms with Crippen LogP contribution in [-0.2, 0) is 15.1 Å². The number of carbonyl (C=O) groups excluding carboxylic acids is 2. The van der Waals surface area contributed by atoms with Crippen LogP contribution in [-0.4, -0.2) is 22.1 Å². The molecule has 3 aromatic rings. The van der Waals surface area contributed by atoms with Gasteiger partial charge in [0.2, 0.25) is 5.91 Å². The van der Waals surface area contributed by atoms with Crippen molar-refractivity contribution in [2.75, 3.05) is 5.32 Å². The van der Waals surface area contributed by atoms with Crippen LogP contribution >= 0.6 is 23.2 Å². The van der Waals surface area contributed by atoms with Crippen LogP contribution in [0.1, 0.15) is 98.2 Å². The maximum absolute atomic E-state index is 13.3. The van der Waals surface area contributed by atoms with Crippen molar-refractivity contribution in [1.29, 1.82) is 0 Å². The first-order valence-electron chi connectivity index (χ1n) is 14.2. The molecule has 3 N–H and O–H groups in total. The Hall–Kier alpha value is -3.42. The molecule has 0 saturated carbocycles. The third kappa shape index (κ3) is 5.70. The lowest BCUT2D eigenvalue weighted by molar-refractivity contribution is -0.116. The summed E-state index contributed by atoms with van der Waals surface area (Å²) < 4.78 is 12.0. The van der Waals surface area contributed by atoms with Crippen LogP contribution in [0.5, 0.6) is 23.0 Å². The van der Waals surface area contributed by atoms with E-state index < -0.39 is 11.6 Å². The first kappa shape index (κ1) is 29.1. The van der Waals surface area contributed by atoms with E-state index in [1.807, 2.05) is 0 Å². The van der Waals surface area contributed by atoms with Crippen molar-refractivity contribution >= 4 is 40.8 Å². The number of carbonyl (C=O) groups is 2. The summed E-state index contributed by atoms with van der Waals surface area (Å²) >= 11 is 12.5. The molecule has 0 bridgehead atoms. The average molecular weight is 599 g/mol. The molecule has 9 heteroatoms. The molecule has 0 aromatic heterocycles. The van der Waals surface area contributed by atoms with Gasteiger partial charge in [-0.1, -0.05) is 87.6 Å². The number of phenolic OH excluding ortho intramolecular Hbond substituents is 2. The standard InChI is InChI=1S/C32H33Cl2NO6/c1-2-3-4-5-6-7-8-9-10-11-30(38)35-19-12-13-21-20(14-19)31(39)41-32(21)22-15-24(33)26(36)17-28(22)40-29-18-27(37)25(34)16-23(29)32/h12-18,36-37H,2-11H2,1H3,(H,35,38). The maximum Gasteiger partial charge on any atom is 0.340 e. The van der Waals surface area contributed by atoms with Crippen molar-refractivity contribution in [2.45, 2.75) is 76.7 Å². The van der Waals surface area contributed by atoms with E-state index in [-0.39, 0.29) is 44.5 Å². The summed E-state index contributed by atoms with van der Waals surface area (Å²) in [5, 5.41) is 23.5. The van der Waals surface area contributed by atoms with Gasteiger partial charge in [-0.3, -0.25) is 4.79 Å². The Bertz CT molecular complexity index is 1430. The van der Waals surface area contributed by atoms with E-state index in [2.05, 4.69) is 12.2 Å². The number of anilines is 1. The highest BCUT2D eigenvalue weighted by Gasteiger charge is 2.54. The summed E-state index contributed by atoms with van der Waals surface area (Å²) in [5.74, 6) is -0.726. The summed E-state index contributed by atoms with van der Waals surface area (Å²) in [7, 11) is 0. The number of phenols is 2. The van der Waals surface area contributed by atoms with Gasteiger partial charge in [0.15, 0.2) is 5.60 Å². The van der Waals surface area contributed by atoms with Crippen LogP contribution in [0.2, 0.25) is 10.0 Å². The SMILES string of the molecule is CCCCCCCCCCCC(=O)Nc1ccc2c(c1)C(=O)OC21c2cc(Cl)c(O)cc2Oc2cc(O)c(Cl)cc21. The zero-order valence-electron chi connectivity index (χ0n) is 22.9. The van der Waals surface area contributed by atoms with E-state index in [1.54, 1.807) is 18.2 Å². The molecule has 5 rings (SSSR count). The van der Waals surface area contributed by atoms with E-state index in [4.69, 9.17) is 32.7 Å². The Balaban J connectivity index is 1.35. The second-order valence-corrected chi connectivity index (χ2v) is 11.5. The van der Waals surface area contributed by atoms with Crippen molar-refractivity contribution in [3.05, 3.63) is 74.8 Å². The van der Waals surface area contributed by atoms with Gasteiger partial charge >= 0.3 is 5.97 Å². The van der Waals surface area contributed by atoms with Crippen molar-refractivity contribution in [1.82, 2.24) is 0 Å². The third-order valence-corrected chi connectivity index (χ3v) is 8.34. The lowest BCUT2D eigenvalue weighted by Crippen LogP contribution is -2.33. The lowest BCUT2D eigenvalue weighted by Gasteiger charge is -2.36. The molecule has 41 heavy (non-hydrogen) atoms. The number of hydrogen-bond donors (Lipinski definition) is 3. The fraction of sp³-hybridized carbons (Fsp3) is 0.375. The Labute approximate surface area is 249 Å². The first-order chi connectivity index (χ1) is 19.7. The monoisotopic (exact) mass is 597 g/mol. The van der Waals surface area contributed by atoms with Crippen LogP contribution in [0, 0.1) is 0 Å². The lowest BCUT2D eigenvalue weighted by atomic mass is 9.77. The van der Waals surface area contributed by atoms with E-state index in [0.29, 0.717) is 28.8 Å². The highest BCUT2D eigenvalue weighted by Crippen LogP contribution is 2.58. The Morgan fingerprint density at radius 2 is 1.37 bits per heavy atom. The summed E-state index contributed by atoms with van der Waals surface area (Å²) in [6.45, 7) is 2.22. The van der Waals surface area contributed by atoms with Crippen LogP contribution in [0.25, 0.3) is 0 Å². The Morgan fingerprint density at radius 1 is 0.805 bits per heavy atom. The van der Waals surface area contributed by atoms with Gasteiger partial charge in [-0.25, -0.2) is 4.79 Å². The normalized spacial score (nSPS) is 14.2. The molecule has 0 saturated heterocycles. The van der Waals surface area contributed by atoms with Gasteiger partial charge in [0, 0.05) is 40.9 Å². The molecule has 1 amide bonds. The molecule has 1 spiro atoms. The topological polar surface area (TPSA) is 105 Å². The molecule has 2 heterocycles. The number of nitrogens with one attached hydrogen (secondary N) is 1. The Morgan fingerprint density at radius 3 is 1.95 bits per heavy atom. The van der Waals surface area contributed by atoms with Gasteiger partial charge in [0.05, 0.1) is 15.6 Å². The Kier molecular flexibility index (Phi) is 8.66. The summed E-state index contributed by atoms with van der Waals surface area (Å²) in [6, 6.07) is 10.7. The van der Waals surface area contributed by atoms with Gasteiger partial charge in [-0.2, -0.15) is 0 Å². The van der Waals surface area contributed by atoms with Crippen LogP contribution in [0.15, 0.2) is 42.5 Å². The number of rotatable bonds is 11. The van der Waals surface area contributed by atoms with Crippen molar-refractivity contribution in [3.8, 4) is 23.0 Å². The minimum atomic E-state index is -1.50. The van der Waals surface area contributed by atoms with E-state index >= 15 is 0 Å². The molecule has 216 valence electrons. The minimum absolute atomic E-state index is 0.0462. The molecule has 3 aromatic carbocycles. The average Bonchev–Trinajstić information content (AvgIpc) is 3.22. The molecule has 2 aliphatic rings. The number of aromatic hydroxyl groups is 2. The highest BCUT2D eigenvalue weighted by atomic mass is 35.5. The fourth-order valence-corrected chi connectivity index (χ4v) is 5.96. The predicted octanol–water partition coefficient (Wildman–Crippen LogP) is 8.83. The van der Waals surface area contributed by atoms with Crippen LogP contribution in [0.4, 0.5) is 5.69 Å². The molecule has 0 unspecified atom stereocenters. The number of unbranched alkanes of at least 4 members (excludes halogenated alkanes) is 8. The minimum Gasteiger partial charge on any atom is -0.506 e. The van der Waals surface area contributed by atoms with E-state index in [9.17, 15) is 19.8 Å². The second kappa shape index (κ2) is 12.2. The predicted molar refractivity (Wildman–Crippen MR) is 159 cm³/mol. The third-order valence-electron chi connectivity index (χ3n) is 7.73. The van der Waals surface area contributed by atoms with Crippen LogP contribution in [0.3, 0.4) is 0 Å². The zero-order valence-corrected chi connectivity index (χ0v) is 24.4. The summed E-state index contributed by atoms with van der Waals surface area (Å²) in [6.07, 6.45) is 10.9. The highest BCUT2D eigenvalue weighted by molar-refractivity contribution is 6.32. The number of esters is 1. The molecule has 0 aliphatic carbocycles. The van der Waals surface area contributed by atoms with Crippen molar-refractivity contribution in [3.63, 3.8) is 0 Å². The quantitative estimate of drug-likeness (QED) is 0.150. The molecule has 7 nitrogen and oxygen atoms in total. The van der Waals surface area contributed by atoms with E-state index in [1.165, 1.54) is 62.8 Å². The molecule has 0 radical (unpaired) electrons. The van der Waals surface area contributed by atoms with Gasteiger partial charge in [0.1, 0.15) is 23.0 Å². The van der Waals surface area contributed by atoms with Gasteiger partial charge in [-0.05, 0) is 30.7 Å². The second-order valence-electron chi connectivity index (χ2n) is 10.7. The maximum atomic E-state index is 13.3.